The second-order valence-electron chi connectivity index (χ2n) is 7.06. The number of hydrogen-bond donors (Lipinski definition) is 1. The Morgan fingerprint density at radius 2 is 1.90 bits per heavy atom. The van der Waals surface area contributed by atoms with Crippen molar-refractivity contribution in [1.29, 1.82) is 0 Å². The molecule has 3 aromatic rings. The van der Waals surface area contributed by atoms with Crippen LogP contribution >= 0.6 is 11.3 Å². The van der Waals surface area contributed by atoms with Crippen molar-refractivity contribution in [2.75, 3.05) is 11.9 Å². The molecule has 0 aliphatic heterocycles. The minimum absolute atomic E-state index is 0.0804. The molecule has 1 aromatic carbocycles. The summed E-state index contributed by atoms with van der Waals surface area (Å²) in [5.74, 6) is 1.06. The van der Waals surface area contributed by atoms with Gasteiger partial charge in [-0.3, -0.25) is 4.79 Å². The molecule has 0 radical (unpaired) electrons. The molecule has 1 saturated carbocycles. The first kappa shape index (κ1) is 19.6. The molecule has 0 bridgehead atoms. The van der Waals surface area contributed by atoms with Crippen molar-refractivity contribution >= 4 is 33.1 Å². The van der Waals surface area contributed by atoms with Crippen LogP contribution in [0, 0.1) is 13.8 Å². The second kappa shape index (κ2) is 7.29. The number of carbonyl (C=O) groups excluding carboxylic acids is 1. The normalized spacial score (nSPS) is 14.2. The topological polar surface area (TPSA) is 64.1 Å². The summed E-state index contributed by atoms with van der Waals surface area (Å²) in [6, 6.07) is 5.78. The number of hydrogen-bond acceptors (Lipinski definition) is 5. The highest BCUT2D eigenvalue weighted by atomic mass is 32.1. The molecule has 0 atom stereocenters. The van der Waals surface area contributed by atoms with Gasteiger partial charge in [0.2, 0.25) is 0 Å². The molecule has 0 saturated heterocycles. The van der Waals surface area contributed by atoms with Gasteiger partial charge in [0.1, 0.15) is 16.4 Å². The van der Waals surface area contributed by atoms with E-state index in [0.717, 1.165) is 40.1 Å². The lowest BCUT2D eigenvalue weighted by Crippen LogP contribution is -2.19. The number of rotatable bonds is 5. The number of nitrogens with zero attached hydrogens (tertiary/aromatic N) is 2. The van der Waals surface area contributed by atoms with E-state index < -0.39 is 12.8 Å². The van der Waals surface area contributed by atoms with Crippen molar-refractivity contribution in [3.05, 3.63) is 46.2 Å². The molecule has 9 heteroatoms. The largest absolute Gasteiger partial charge is 0.484 e. The van der Waals surface area contributed by atoms with Crippen LogP contribution in [0.15, 0.2) is 24.3 Å². The molecule has 0 unspecified atom stereocenters. The van der Waals surface area contributed by atoms with Crippen LogP contribution in [0.4, 0.5) is 18.9 Å². The maximum atomic E-state index is 12.8. The van der Waals surface area contributed by atoms with E-state index in [9.17, 15) is 18.0 Å². The Labute approximate surface area is 168 Å². The SMILES string of the molecule is Cc1nc(C2CC2)nc2sc(C(=O)Nc3ccc(OCC(F)(F)F)cc3)c(C)c12. The van der Waals surface area contributed by atoms with E-state index in [1.54, 1.807) is 0 Å². The Hall–Kier alpha value is -2.68. The molecule has 1 aliphatic rings. The van der Waals surface area contributed by atoms with E-state index in [1.807, 2.05) is 13.8 Å². The number of nitrogens with one attached hydrogen (secondary N) is 1. The van der Waals surface area contributed by atoms with Crippen LogP contribution in [0.25, 0.3) is 10.2 Å². The summed E-state index contributed by atoms with van der Waals surface area (Å²) in [4.78, 5) is 23.3. The Morgan fingerprint density at radius 3 is 2.52 bits per heavy atom. The summed E-state index contributed by atoms with van der Waals surface area (Å²) >= 11 is 1.33. The molecule has 1 amide bonds. The lowest BCUT2D eigenvalue weighted by molar-refractivity contribution is -0.153. The molecule has 2 heterocycles. The van der Waals surface area contributed by atoms with Crippen LogP contribution in [0.1, 0.15) is 45.5 Å². The van der Waals surface area contributed by atoms with Crippen LogP contribution in [0.2, 0.25) is 0 Å². The van der Waals surface area contributed by atoms with Crippen molar-refractivity contribution in [3.8, 4) is 5.75 Å². The molecule has 152 valence electrons. The second-order valence-corrected chi connectivity index (χ2v) is 8.06. The number of carbonyl (C=O) groups is 1. The number of amides is 1. The maximum absolute atomic E-state index is 12.8. The number of thiophene rings is 1. The smallest absolute Gasteiger partial charge is 0.422 e. The number of alkyl halides is 3. The van der Waals surface area contributed by atoms with Crippen LogP contribution in [-0.4, -0.2) is 28.7 Å². The first-order chi connectivity index (χ1) is 13.7. The Bertz CT molecular complexity index is 1070. The van der Waals surface area contributed by atoms with Crippen LogP contribution < -0.4 is 10.1 Å². The molecule has 1 N–H and O–H groups in total. The standard InChI is InChI=1S/C20H18F3N3O2S/c1-10-15-11(2)24-17(12-3-4-12)26-19(15)29-16(10)18(27)25-13-5-7-14(8-6-13)28-9-20(21,22)23/h5-8,12H,3-4,9H2,1-2H3,(H,25,27). The van der Waals surface area contributed by atoms with Crippen molar-refractivity contribution in [2.24, 2.45) is 0 Å². The van der Waals surface area contributed by atoms with Crippen LogP contribution in [-0.2, 0) is 0 Å². The van der Waals surface area contributed by atoms with Gasteiger partial charge in [-0.2, -0.15) is 13.2 Å². The fraction of sp³-hybridized carbons (Fsp3) is 0.350. The van der Waals surface area contributed by atoms with Crippen LogP contribution in [0.5, 0.6) is 5.75 Å². The number of halogens is 3. The summed E-state index contributed by atoms with van der Waals surface area (Å²) in [6.07, 6.45) is -2.19. The van der Waals surface area contributed by atoms with Crippen LogP contribution in [0.3, 0.4) is 0 Å². The lowest BCUT2D eigenvalue weighted by atomic mass is 10.1. The molecule has 5 nitrogen and oxygen atoms in total. The van der Waals surface area contributed by atoms with E-state index >= 15 is 0 Å². The zero-order chi connectivity index (χ0) is 20.8. The first-order valence-corrected chi connectivity index (χ1v) is 9.91. The average molecular weight is 421 g/mol. The van der Waals surface area contributed by atoms with Crippen molar-refractivity contribution in [2.45, 2.75) is 38.8 Å². The zero-order valence-corrected chi connectivity index (χ0v) is 16.6. The minimum atomic E-state index is -4.40. The number of anilines is 1. The highest BCUT2D eigenvalue weighted by Gasteiger charge is 2.29. The number of benzene rings is 1. The lowest BCUT2D eigenvalue weighted by Gasteiger charge is -2.10. The number of aromatic nitrogens is 2. The Morgan fingerprint density at radius 1 is 1.21 bits per heavy atom. The van der Waals surface area contributed by atoms with Crippen molar-refractivity contribution in [3.63, 3.8) is 0 Å². The number of fused-ring (bicyclic) bond motifs is 1. The monoisotopic (exact) mass is 421 g/mol. The van der Waals surface area contributed by atoms with Crippen molar-refractivity contribution < 1.29 is 22.7 Å². The van der Waals surface area contributed by atoms with Gasteiger partial charge < -0.3 is 10.1 Å². The van der Waals surface area contributed by atoms with E-state index in [0.29, 0.717) is 16.5 Å². The van der Waals surface area contributed by atoms with E-state index in [4.69, 9.17) is 0 Å². The molecule has 2 aromatic heterocycles. The molecule has 4 rings (SSSR count). The van der Waals surface area contributed by atoms with Gasteiger partial charge in [-0.05, 0) is 56.5 Å². The summed E-state index contributed by atoms with van der Waals surface area (Å²) in [6.45, 7) is 2.44. The minimum Gasteiger partial charge on any atom is -0.484 e. The van der Waals surface area contributed by atoms with E-state index in [-0.39, 0.29) is 11.7 Å². The summed E-state index contributed by atoms with van der Waals surface area (Å²) in [5.41, 5.74) is 2.16. The van der Waals surface area contributed by atoms with Gasteiger partial charge >= 0.3 is 6.18 Å². The molecule has 29 heavy (non-hydrogen) atoms. The fourth-order valence-electron chi connectivity index (χ4n) is 3.09. The molecular weight excluding hydrogens is 403 g/mol. The predicted octanol–water partition coefficient (Wildman–Crippen LogP) is 5.38. The summed E-state index contributed by atoms with van der Waals surface area (Å²) in [7, 11) is 0. The van der Waals surface area contributed by atoms with Gasteiger partial charge in [0, 0.05) is 17.0 Å². The zero-order valence-electron chi connectivity index (χ0n) is 15.8. The molecule has 1 fully saturated rings. The van der Waals surface area contributed by atoms with Gasteiger partial charge in [0.25, 0.3) is 5.91 Å². The van der Waals surface area contributed by atoms with Gasteiger partial charge in [-0.25, -0.2) is 9.97 Å². The third-order valence-electron chi connectivity index (χ3n) is 4.65. The highest BCUT2D eigenvalue weighted by molar-refractivity contribution is 7.20. The van der Waals surface area contributed by atoms with Gasteiger partial charge in [-0.1, -0.05) is 0 Å². The molecule has 0 spiro atoms. The molecular formula is C20H18F3N3O2S. The number of ether oxygens (including phenoxy) is 1. The maximum Gasteiger partial charge on any atom is 0.422 e. The average Bonchev–Trinajstić information content (AvgIpc) is 3.44. The number of aryl methyl sites for hydroxylation is 2. The summed E-state index contributed by atoms with van der Waals surface area (Å²) in [5, 5.41) is 3.68. The van der Waals surface area contributed by atoms with Gasteiger partial charge in [0.05, 0.1) is 10.6 Å². The highest BCUT2D eigenvalue weighted by Crippen LogP contribution is 2.40. The van der Waals surface area contributed by atoms with Gasteiger partial charge in [0.15, 0.2) is 6.61 Å². The van der Waals surface area contributed by atoms with Gasteiger partial charge in [-0.15, -0.1) is 11.3 Å². The third-order valence-corrected chi connectivity index (χ3v) is 5.84. The third kappa shape index (κ3) is 4.34. The molecule has 1 aliphatic carbocycles. The predicted molar refractivity (Wildman–Crippen MR) is 105 cm³/mol. The van der Waals surface area contributed by atoms with E-state index in [1.165, 1.54) is 35.6 Å². The Kier molecular flexibility index (Phi) is 4.94. The fourth-order valence-corrected chi connectivity index (χ4v) is 4.22. The van der Waals surface area contributed by atoms with Crippen molar-refractivity contribution in [1.82, 2.24) is 9.97 Å². The quantitative estimate of drug-likeness (QED) is 0.601. The first-order valence-electron chi connectivity index (χ1n) is 9.10. The van der Waals surface area contributed by atoms with E-state index in [2.05, 4.69) is 20.0 Å². The Balaban J connectivity index is 1.51. The summed E-state index contributed by atoms with van der Waals surface area (Å²) < 4.78 is 41.3.